The molecule has 1 atom stereocenters. The Balaban J connectivity index is 2.21. The van der Waals surface area contributed by atoms with Crippen LogP contribution in [0.15, 0.2) is 42.5 Å². The molecule has 0 aromatic heterocycles. The molecule has 180 valence electrons. The van der Waals surface area contributed by atoms with Crippen molar-refractivity contribution in [3.63, 3.8) is 0 Å². The second kappa shape index (κ2) is 13.6. The van der Waals surface area contributed by atoms with Crippen LogP contribution >= 0.6 is 11.6 Å². The smallest absolute Gasteiger partial charge is 0.261 e. The highest BCUT2D eigenvalue weighted by atomic mass is 35.5. The third kappa shape index (κ3) is 8.17. The first-order chi connectivity index (χ1) is 15.9. The maximum absolute atomic E-state index is 13.3. The first-order valence-corrected chi connectivity index (χ1v) is 11.5. The normalized spacial score (nSPS) is 11.4. The number of carbonyl (C=O) groups excluding carboxylic acids is 2. The number of hydrogen-bond acceptors (Lipinski definition) is 5. The molecular weight excluding hydrogens is 444 g/mol. The lowest BCUT2D eigenvalue weighted by Gasteiger charge is -2.30. The van der Waals surface area contributed by atoms with E-state index in [4.69, 9.17) is 25.8 Å². The average molecular weight is 477 g/mol. The third-order valence-corrected chi connectivity index (χ3v) is 5.42. The minimum atomic E-state index is -0.617. The molecule has 0 saturated carbocycles. The summed E-state index contributed by atoms with van der Waals surface area (Å²) in [5, 5.41) is 3.55. The molecule has 2 rings (SSSR count). The Labute approximate surface area is 201 Å². The Morgan fingerprint density at radius 3 is 2.15 bits per heavy atom. The predicted molar refractivity (Wildman–Crippen MR) is 129 cm³/mol. The molecule has 33 heavy (non-hydrogen) atoms. The number of benzene rings is 2. The van der Waals surface area contributed by atoms with Crippen molar-refractivity contribution in [1.82, 2.24) is 10.2 Å². The van der Waals surface area contributed by atoms with Gasteiger partial charge in [-0.15, -0.1) is 0 Å². The Morgan fingerprint density at radius 1 is 1.00 bits per heavy atom. The van der Waals surface area contributed by atoms with E-state index >= 15 is 0 Å². The standard InChI is InChI=1S/C25H33ClN2O5/c1-5-7-12-27-25(30)23(6-2)28(16-18-8-10-19(26)11-9-18)24(29)17-33-22-14-20(31-3)13-21(15-22)32-4/h8-11,13-15,23H,5-7,12,16-17H2,1-4H3,(H,27,30)/t23-/m1/s1. The van der Waals surface area contributed by atoms with Gasteiger partial charge in [-0.05, 0) is 30.5 Å². The van der Waals surface area contributed by atoms with Crippen LogP contribution in [0.1, 0.15) is 38.7 Å². The van der Waals surface area contributed by atoms with Crippen LogP contribution in [0.3, 0.4) is 0 Å². The highest BCUT2D eigenvalue weighted by Gasteiger charge is 2.28. The molecule has 2 aromatic rings. The fourth-order valence-electron chi connectivity index (χ4n) is 3.30. The van der Waals surface area contributed by atoms with E-state index in [-0.39, 0.29) is 25.0 Å². The number of methoxy groups -OCH3 is 2. The van der Waals surface area contributed by atoms with E-state index < -0.39 is 6.04 Å². The number of nitrogens with one attached hydrogen (secondary N) is 1. The quantitative estimate of drug-likeness (QED) is 0.432. The highest BCUT2D eigenvalue weighted by Crippen LogP contribution is 2.27. The van der Waals surface area contributed by atoms with Crippen LogP contribution in [-0.4, -0.2) is 50.1 Å². The average Bonchev–Trinajstić information content (AvgIpc) is 2.83. The number of halogens is 1. The van der Waals surface area contributed by atoms with E-state index in [9.17, 15) is 9.59 Å². The zero-order valence-corrected chi connectivity index (χ0v) is 20.5. The Morgan fingerprint density at radius 2 is 1.61 bits per heavy atom. The number of carbonyl (C=O) groups is 2. The third-order valence-electron chi connectivity index (χ3n) is 5.17. The summed E-state index contributed by atoms with van der Waals surface area (Å²) in [5.41, 5.74) is 0.871. The van der Waals surface area contributed by atoms with Crippen molar-refractivity contribution < 1.29 is 23.8 Å². The van der Waals surface area contributed by atoms with Crippen LogP contribution in [0.2, 0.25) is 5.02 Å². The van der Waals surface area contributed by atoms with Gasteiger partial charge < -0.3 is 24.4 Å². The molecule has 0 spiro atoms. The van der Waals surface area contributed by atoms with Gasteiger partial charge in [0.05, 0.1) is 14.2 Å². The highest BCUT2D eigenvalue weighted by molar-refractivity contribution is 6.30. The fraction of sp³-hybridized carbons (Fsp3) is 0.440. The molecule has 7 nitrogen and oxygen atoms in total. The van der Waals surface area contributed by atoms with E-state index in [0.29, 0.717) is 35.2 Å². The van der Waals surface area contributed by atoms with Crippen LogP contribution in [0.4, 0.5) is 0 Å². The molecule has 0 saturated heterocycles. The number of unbranched alkanes of at least 4 members (excludes halogenated alkanes) is 1. The van der Waals surface area contributed by atoms with Crippen molar-refractivity contribution in [3.8, 4) is 17.2 Å². The van der Waals surface area contributed by atoms with Gasteiger partial charge in [0, 0.05) is 36.3 Å². The SMILES string of the molecule is CCCCNC(=O)[C@@H](CC)N(Cc1ccc(Cl)cc1)C(=O)COc1cc(OC)cc(OC)c1. The summed E-state index contributed by atoms with van der Waals surface area (Å²) in [6, 6.07) is 11.7. The van der Waals surface area contributed by atoms with E-state index in [0.717, 1.165) is 18.4 Å². The van der Waals surface area contributed by atoms with Gasteiger partial charge in [-0.25, -0.2) is 0 Å². The molecule has 8 heteroatoms. The van der Waals surface area contributed by atoms with Crippen LogP contribution in [0.25, 0.3) is 0 Å². The molecular formula is C25H33ClN2O5. The molecule has 0 aliphatic carbocycles. The Hall–Kier alpha value is -2.93. The van der Waals surface area contributed by atoms with Crippen molar-refractivity contribution in [2.45, 2.75) is 45.7 Å². The lowest BCUT2D eigenvalue weighted by Crippen LogP contribution is -2.50. The molecule has 1 N–H and O–H groups in total. The zero-order chi connectivity index (χ0) is 24.2. The van der Waals surface area contributed by atoms with Gasteiger partial charge in [0.15, 0.2) is 6.61 Å². The fourth-order valence-corrected chi connectivity index (χ4v) is 3.43. The van der Waals surface area contributed by atoms with Gasteiger partial charge in [0.2, 0.25) is 5.91 Å². The minimum absolute atomic E-state index is 0.170. The first kappa shape index (κ1) is 26.3. The number of amides is 2. The Kier molecular flexibility index (Phi) is 10.8. The Bertz CT molecular complexity index is 882. The van der Waals surface area contributed by atoms with Gasteiger partial charge in [-0.1, -0.05) is 44.0 Å². The number of rotatable bonds is 13. The van der Waals surface area contributed by atoms with Gasteiger partial charge in [0.1, 0.15) is 23.3 Å². The second-order valence-electron chi connectivity index (χ2n) is 7.55. The van der Waals surface area contributed by atoms with Gasteiger partial charge >= 0.3 is 0 Å². The zero-order valence-electron chi connectivity index (χ0n) is 19.7. The predicted octanol–water partition coefficient (Wildman–Crippen LogP) is 4.46. The van der Waals surface area contributed by atoms with Crippen molar-refractivity contribution >= 4 is 23.4 Å². The van der Waals surface area contributed by atoms with Gasteiger partial charge in [-0.2, -0.15) is 0 Å². The largest absolute Gasteiger partial charge is 0.496 e. The summed E-state index contributed by atoms with van der Waals surface area (Å²) in [4.78, 5) is 27.7. The maximum atomic E-state index is 13.3. The summed E-state index contributed by atoms with van der Waals surface area (Å²) in [7, 11) is 3.08. The molecule has 0 bridgehead atoms. The summed E-state index contributed by atoms with van der Waals surface area (Å²) in [6.45, 7) is 4.56. The van der Waals surface area contributed by atoms with E-state index in [1.165, 1.54) is 0 Å². The van der Waals surface area contributed by atoms with Crippen LogP contribution < -0.4 is 19.5 Å². The minimum Gasteiger partial charge on any atom is -0.496 e. The number of ether oxygens (including phenoxy) is 3. The van der Waals surface area contributed by atoms with E-state index in [1.807, 2.05) is 19.1 Å². The molecule has 0 aliphatic heterocycles. The van der Waals surface area contributed by atoms with Crippen molar-refractivity contribution in [2.24, 2.45) is 0 Å². The lowest BCUT2D eigenvalue weighted by molar-refractivity contribution is -0.143. The topological polar surface area (TPSA) is 77.1 Å². The van der Waals surface area contributed by atoms with Crippen molar-refractivity contribution in [3.05, 3.63) is 53.1 Å². The van der Waals surface area contributed by atoms with E-state index in [2.05, 4.69) is 12.2 Å². The molecule has 0 unspecified atom stereocenters. The lowest BCUT2D eigenvalue weighted by atomic mass is 10.1. The van der Waals surface area contributed by atoms with Crippen LogP contribution in [0.5, 0.6) is 17.2 Å². The second-order valence-corrected chi connectivity index (χ2v) is 7.99. The molecule has 0 fully saturated rings. The first-order valence-electron chi connectivity index (χ1n) is 11.1. The molecule has 0 radical (unpaired) electrons. The number of nitrogens with zero attached hydrogens (tertiary/aromatic N) is 1. The van der Waals surface area contributed by atoms with Crippen LogP contribution in [-0.2, 0) is 16.1 Å². The van der Waals surface area contributed by atoms with E-state index in [1.54, 1.807) is 49.5 Å². The van der Waals surface area contributed by atoms with Crippen molar-refractivity contribution in [1.29, 1.82) is 0 Å². The molecule has 0 aliphatic rings. The summed E-state index contributed by atoms with van der Waals surface area (Å²) in [5.74, 6) is 1.07. The van der Waals surface area contributed by atoms with Gasteiger partial charge in [0.25, 0.3) is 5.91 Å². The summed E-state index contributed by atoms with van der Waals surface area (Å²) in [6.07, 6.45) is 2.33. The molecule has 2 aromatic carbocycles. The monoisotopic (exact) mass is 476 g/mol. The van der Waals surface area contributed by atoms with Gasteiger partial charge in [-0.3, -0.25) is 9.59 Å². The molecule has 0 heterocycles. The number of hydrogen-bond donors (Lipinski definition) is 1. The summed E-state index contributed by atoms with van der Waals surface area (Å²) >= 11 is 6.00. The van der Waals surface area contributed by atoms with Crippen molar-refractivity contribution in [2.75, 3.05) is 27.4 Å². The molecule has 2 amide bonds. The van der Waals surface area contributed by atoms with Crippen LogP contribution in [0, 0.1) is 0 Å². The maximum Gasteiger partial charge on any atom is 0.261 e. The summed E-state index contributed by atoms with van der Waals surface area (Å²) < 4.78 is 16.3.